The molecular weight excluding hydrogens is 944 g/mol. The SMILES string of the molecule is COC(=O)c1ccc(-c2nc(CS(=O)(=O)C3CCC(CC(=O)OC(C)(C)C)CC3)c(C)o2)cc1.Cc1oc(-c2ccc(C(=O)O)cc2)nc1CS(=O)(=O)C1CCC(CC(=O)OC(C)(C)C)CC1.[Na+].[OH-]. The minimum Gasteiger partial charge on any atom is -0.870 e. The zero-order chi connectivity index (χ0) is 49.5. The molecular formula is C49H65N2NaO15S2. The number of rotatable bonds is 14. The number of oxazole rings is 2. The molecule has 374 valence electrons. The van der Waals surface area contributed by atoms with Crippen LogP contribution >= 0.6 is 0 Å². The molecule has 69 heavy (non-hydrogen) atoms. The largest absolute Gasteiger partial charge is 1.00 e. The molecule has 0 unspecified atom stereocenters. The summed E-state index contributed by atoms with van der Waals surface area (Å²) in [6.45, 7) is 14.4. The van der Waals surface area contributed by atoms with Crippen LogP contribution in [0.3, 0.4) is 0 Å². The van der Waals surface area contributed by atoms with Gasteiger partial charge in [0.25, 0.3) is 0 Å². The molecule has 0 radical (unpaired) electrons. The standard InChI is InChI=1S/C25H33NO7S.C24H31NO7S.Na.H2O/c1-16-21(26-23(32-16)18-8-10-19(11-9-18)24(28)31-5)15-34(29,30)20-12-6-17(7-13-20)14-22(27)33-25(2,3)4;1-15-20(25-22(31-15)17-7-9-18(10-8-17)23(27)28)14-33(29,30)19-11-5-16(6-12-19)13-21(26)32-24(2,3)4;;/h8-11,17,20H,6-7,12-15H2,1-5H3;7-10,16,19H,5-6,11-14H2,1-4H3,(H,27,28);;1H2/q;;+1;/p-1. The maximum Gasteiger partial charge on any atom is 1.00 e. The predicted molar refractivity (Wildman–Crippen MR) is 251 cm³/mol. The normalized spacial score (nSPS) is 18.6. The first-order valence-electron chi connectivity index (χ1n) is 22.5. The van der Waals surface area contributed by atoms with Crippen LogP contribution in [0.5, 0.6) is 0 Å². The van der Waals surface area contributed by atoms with Crippen molar-refractivity contribution < 1.29 is 99.2 Å². The molecule has 0 saturated heterocycles. The molecule has 2 aliphatic rings. The Morgan fingerprint density at radius 2 is 0.942 bits per heavy atom. The van der Waals surface area contributed by atoms with Gasteiger partial charge in [-0.3, -0.25) is 9.59 Å². The summed E-state index contributed by atoms with van der Waals surface area (Å²) in [6, 6.07) is 12.6. The first-order valence-corrected chi connectivity index (χ1v) is 26.0. The summed E-state index contributed by atoms with van der Waals surface area (Å²) in [4.78, 5) is 55.6. The molecule has 17 nitrogen and oxygen atoms in total. The van der Waals surface area contributed by atoms with Gasteiger partial charge in [-0.2, -0.15) is 0 Å². The Kier molecular flexibility index (Phi) is 21.0. The summed E-state index contributed by atoms with van der Waals surface area (Å²) in [5, 5.41) is 8.09. The van der Waals surface area contributed by atoms with Gasteiger partial charge in [-0.1, -0.05) is 0 Å². The fourth-order valence-electron chi connectivity index (χ4n) is 8.24. The second kappa shape index (κ2) is 24.6. The van der Waals surface area contributed by atoms with Gasteiger partial charge in [-0.05, 0) is 167 Å². The molecule has 2 aromatic carbocycles. The van der Waals surface area contributed by atoms with E-state index >= 15 is 0 Å². The first-order chi connectivity index (χ1) is 31.2. The first kappa shape index (κ1) is 58.9. The minimum absolute atomic E-state index is 0. The second-order valence-electron chi connectivity index (χ2n) is 19.5. The molecule has 0 amide bonds. The van der Waals surface area contributed by atoms with Crippen molar-refractivity contribution in [2.24, 2.45) is 11.8 Å². The van der Waals surface area contributed by atoms with Crippen molar-refractivity contribution in [3.63, 3.8) is 0 Å². The van der Waals surface area contributed by atoms with Crippen molar-refractivity contribution in [3.8, 4) is 22.9 Å². The molecule has 4 aromatic rings. The van der Waals surface area contributed by atoms with Crippen molar-refractivity contribution in [2.45, 2.75) is 153 Å². The van der Waals surface area contributed by atoms with Crippen LogP contribution in [-0.2, 0) is 55.0 Å². The van der Waals surface area contributed by atoms with Crippen molar-refractivity contribution >= 4 is 43.6 Å². The van der Waals surface area contributed by atoms with Crippen molar-refractivity contribution in [2.75, 3.05) is 7.11 Å². The molecule has 2 aromatic heterocycles. The Hall–Kier alpha value is -4.40. The molecule has 0 spiro atoms. The topological polar surface area (TPSA) is 267 Å². The molecule has 2 fully saturated rings. The Bertz CT molecular complexity index is 2590. The molecule has 0 atom stereocenters. The number of esters is 3. The molecule has 2 aliphatic carbocycles. The van der Waals surface area contributed by atoms with Crippen LogP contribution < -0.4 is 29.6 Å². The van der Waals surface area contributed by atoms with E-state index in [0.717, 1.165) is 0 Å². The van der Waals surface area contributed by atoms with E-state index in [1.54, 1.807) is 50.2 Å². The summed E-state index contributed by atoms with van der Waals surface area (Å²) < 4.78 is 79.1. The van der Waals surface area contributed by atoms with Gasteiger partial charge >= 0.3 is 53.4 Å². The third-order valence-electron chi connectivity index (χ3n) is 11.7. The van der Waals surface area contributed by atoms with Crippen molar-refractivity contribution in [3.05, 3.63) is 82.6 Å². The van der Waals surface area contributed by atoms with Gasteiger partial charge in [0.15, 0.2) is 19.7 Å². The minimum atomic E-state index is -3.44. The molecule has 2 N–H and O–H groups in total. The van der Waals surface area contributed by atoms with E-state index in [1.165, 1.54) is 19.2 Å². The number of hydrogen-bond donors (Lipinski definition) is 1. The molecule has 0 bridgehead atoms. The second-order valence-corrected chi connectivity index (χ2v) is 24.0. The van der Waals surface area contributed by atoms with Gasteiger partial charge in [-0.15, -0.1) is 0 Å². The van der Waals surface area contributed by atoms with Gasteiger partial charge < -0.3 is 33.6 Å². The number of aromatic carboxylic acids is 1. The van der Waals surface area contributed by atoms with Crippen molar-refractivity contribution in [1.82, 2.24) is 9.97 Å². The molecule has 2 saturated carbocycles. The number of sulfone groups is 2. The summed E-state index contributed by atoms with van der Waals surface area (Å²) in [5.41, 5.74) is 1.48. The van der Waals surface area contributed by atoms with Crippen molar-refractivity contribution in [1.29, 1.82) is 0 Å². The molecule has 2 heterocycles. The van der Waals surface area contributed by atoms with E-state index in [1.807, 2.05) is 41.5 Å². The number of hydrogen-bond acceptors (Lipinski definition) is 16. The zero-order valence-corrected chi connectivity index (χ0v) is 45.0. The summed E-state index contributed by atoms with van der Waals surface area (Å²) >= 11 is 0. The van der Waals surface area contributed by atoms with Gasteiger partial charge in [0.05, 0.1) is 51.6 Å². The maximum atomic E-state index is 13.1. The number of ether oxygens (including phenoxy) is 3. The number of benzene rings is 2. The van der Waals surface area contributed by atoms with E-state index < -0.39 is 53.3 Å². The van der Waals surface area contributed by atoms with Gasteiger partial charge in [0.1, 0.15) is 22.7 Å². The number of carboxylic acid groups (broad SMARTS) is 1. The fraction of sp³-hybridized carbons (Fsp3) is 0.551. The Morgan fingerprint density at radius 1 is 0.609 bits per heavy atom. The van der Waals surface area contributed by atoms with Gasteiger partial charge in [0, 0.05) is 24.0 Å². The van der Waals surface area contributed by atoms with Crippen LogP contribution in [0.25, 0.3) is 22.9 Å². The fourth-order valence-corrected chi connectivity index (χ4v) is 12.0. The summed E-state index contributed by atoms with van der Waals surface area (Å²) in [7, 11) is -5.56. The van der Waals surface area contributed by atoms with E-state index in [2.05, 4.69) is 9.97 Å². The average molecular weight is 1010 g/mol. The van der Waals surface area contributed by atoms with Crippen LogP contribution in [0.4, 0.5) is 0 Å². The Balaban J connectivity index is 0.000000355. The Labute approximate surface area is 427 Å². The van der Waals surface area contributed by atoms with Gasteiger partial charge in [0.2, 0.25) is 11.8 Å². The third-order valence-corrected chi connectivity index (χ3v) is 16.1. The smallest absolute Gasteiger partial charge is 0.870 e. The van der Waals surface area contributed by atoms with Crippen LogP contribution in [0.1, 0.15) is 149 Å². The number of aromatic nitrogens is 2. The number of nitrogens with zero attached hydrogens (tertiary/aromatic N) is 2. The van der Waals surface area contributed by atoms with Crippen LogP contribution in [0.15, 0.2) is 57.4 Å². The average Bonchev–Trinajstić information content (AvgIpc) is 3.79. The van der Waals surface area contributed by atoms with Crippen LogP contribution in [0.2, 0.25) is 0 Å². The third kappa shape index (κ3) is 17.5. The van der Waals surface area contributed by atoms with E-state index in [-0.39, 0.29) is 81.8 Å². The maximum absolute atomic E-state index is 13.1. The number of methoxy groups -OCH3 is 1. The summed E-state index contributed by atoms with van der Waals surface area (Å²) in [5.74, 6) is -0.615. The van der Waals surface area contributed by atoms with Crippen LogP contribution in [0, 0.1) is 25.7 Å². The molecule has 20 heteroatoms. The number of carbonyl (C=O) groups excluding carboxylic acids is 3. The summed E-state index contributed by atoms with van der Waals surface area (Å²) in [6.07, 6.45) is 5.40. The molecule has 0 aliphatic heterocycles. The van der Waals surface area contributed by atoms with Crippen LogP contribution in [-0.4, -0.2) is 90.1 Å². The number of aryl methyl sites for hydroxylation is 2. The Morgan fingerprint density at radius 3 is 1.25 bits per heavy atom. The predicted octanol–water partition coefficient (Wildman–Crippen LogP) is 6.02. The number of carboxylic acids is 1. The zero-order valence-electron chi connectivity index (χ0n) is 41.3. The van der Waals surface area contributed by atoms with Gasteiger partial charge in [-0.25, -0.2) is 36.4 Å². The quantitative estimate of drug-likeness (QED) is 0.0859. The monoisotopic (exact) mass is 1010 g/mol. The number of carbonyl (C=O) groups is 4. The van der Waals surface area contributed by atoms with E-state index in [0.29, 0.717) is 110 Å². The molecule has 6 rings (SSSR count). The van der Waals surface area contributed by atoms with E-state index in [4.69, 9.17) is 28.2 Å². The van der Waals surface area contributed by atoms with E-state index in [9.17, 15) is 36.0 Å².